The van der Waals surface area contributed by atoms with Crippen LogP contribution >= 0.6 is 0 Å². The fourth-order valence-corrected chi connectivity index (χ4v) is 13.8. The Morgan fingerprint density at radius 1 is 0.298 bits per heavy atom. The third-order valence-corrected chi connectivity index (χ3v) is 20.3. The summed E-state index contributed by atoms with van der Waals surface area (Å²) in [7, 11) is 0. The number of nitrogens with zero attached hydrogens (tertiary/aromatic N) is 5. The minimum Gasteiger partial charge on any atom is -0.456 e. The smallest absolute Gasteiger partial charge is 0.135 e. The van der Waals surface area contributed by atoms with Crippen LogP contribution in [0.5, 0.6) is 0 Å². The first-order valence-corrected chi connectivity index (χ1v) is 39.7. The van der Waals surface area contributed by atoms with Gasteiger partial charge in [0, 0.05) is 83.9 Å². The predicted octanol–water partition coefficient (Wildman–Crippen LogP) is 29.9. The molecular formula is C107H113N5O2. The molecule has 17 aromatic rings. The van der Waals surface area contributed by atoms with Crippen LogP contribution in [0.1, 0.15) is 183 Å². The topological polar surface area (TPSA) is 82.8 Å². The molecule has 578 valence electrons. The molecule has 6 heterocycles. The molecule has 0 radical (unpaired) electrons. The molecule has 17 rings (SSSR count). The van der Waals surface area contributed by atoms with E-state index in [-0.39, 0.29) is 43.9 Å². The average molecular weight is 1510 g/mol. The van der Waals surface area contributed by atoms with E-state index in [2.05, 4.69) is 332 Å². The molecule has 0 aliphatic rings. The van der Waals surface area contributed by atoms with Gasteiger partial charge in [0.2, 0.25) is 0 Å². The number of pyridine rings is 2. The number of rotatable bonds is 6. The minimum absolute atomic E-state index is 0.0457. The van der Waals surface area contributed by atoms with E-state index < -0.39 is 13.2 Å². The first kappa shape index (κ1) is 74.9. The molecule has 0 saturated heterocycles. The second-order valence-electron chi connectivity index (χ2n) is 35.4. The summed E-state index contributed by atoms with van der Waals surface area (Å²) in [6.45, 7) is 38.3. The zero-order chi connectivity index (χ0) is 85.6. The standard InChI is InChI=1S/C22H21N.C21H21N.C20H20N2.2C16H16O.C12H19N/c1-22(2,3)16-13-14-21-19(15-16)18-11-7-8-12-20(18)23(21)17-9-5-4-6-10-17;1-21(2,3)18-14-19(16-10-6-4-7-11-16)22-20(15-18)17-12-8-5-9-13-17;1-20(2,3)19-21-17(15-10-6-4-7-11-15)14-18(22-19)16-12-8-5-9-13-16;1-16(2,3)12-8-6-10-14-15(12)11-7-4-5-9-13(11)17-14;1-16(2,3)11-8-9-15-13(10-11)12-6-4-5-7-14(12)17-15;1-6-11-8-10(12(3,4)5)7-9(2)13-11/h4-15H,1-3H3;4-15H,1-3H3;4-14H,1-3H3;2*4-10H,1-3H3;7-8H,6H2,1-5H3/i;;;;;2D3,6D2. The maximum absolute atomic E-state index is 7.70. The second kappa shape index (κ2) is 34.3. The Kier molecular flexibility index (Phi) is 22.5. The molecule has 0 aliphatic carbocycles. The zero-order valence-corrected chi connectivity index (χ0v) is 70.0. The van der Waals surface area contributed by atoms with Crippen molar-refractivity contribution in [3.63, 3.8) is 0 Å². The summed E-state index contributed by atoms with van der Waals surface area (Å²) in [5, 5.41) is 7.54. The summed E-state index contributed by atoms with van der Waals surface area (Å²) >= 11 is 0. The number of aryl methyl sites for hydroxylation is 2. The number of furan rings is 2. The quantitative estimate of drug-likeness (QED) is 0.165. The van der Waals surface area contributed by atoms with E-state index in [4.69, 9.17) is 30.6 Å². The van der Waals surface area contributed by atoms with Crippen LogP contribution in [0.2, 0.25) is 0 Å². The largest absolute Gasteiger partial charge is 0.456 e. The Hall–Kier alpha value is -11.8. The Morgan fingerprint density at radius 3 is 1.18 bits per heavy atom. The van der Waals surface area contributed by atoms with Gasteiger partial charge in [0.15, 0.2) is 0 Å². The van der Waals surface area contributed by atoms with E-state index in [1.165, 1.54) is 78.2 Å². The van der Waals surface area contributed by atoms with Crippen LogP contribution < -0.4 is 0 Å². The predicted molar refractivity (Wildman–Crippen MR) is 487 cm³/mol. The first-order valence-electron chi connectivity index (χ1n) is 42.2. The lowest BCUT2D eigenvalue weighted by atomic mass is 9.84. The summed E-state index contributed by atoms with van der Waals surface area (Å²) in [5.41, 5.74) is 22.7. The highest BCUT2D eigenvalue weighted by atomic mass is 16.3. The van der Waals surface area contributed by atoms with Crippen LogP contribution in [-0.2, 0) is 38.9 Å². The maximum Gasteiger partial charge on any atom is 0.135 e. The van der Waals surface area contributed by atoms with Crippen LogP contribution in [0.25, 0.3) is 116 Å². The third kappa shape index (κ3) is 19.8. The number of fused-ring (bicyclic) bond motifs is 9. The van der Waals surface area contributed by atoms with Crippen LogP contribution in [0, 0.1) is 6.85 Å². The molecule has 11 aromatic carbocycles. The second-order valence-corrected chi connectivity index (χ2v) is 35.4. The molecule has 7 heteroatoms. The highest BCUT2D eigenvalue weighted by Crippen LogP contribution is 2.40. The van der Waals surface area contributed by atoms with E-state index in [0.29, 0.717) is 0 Å². The van der Waals surface area contributed by atoms with Gasteiger partial charge in [-0.05, 0) is 159 Å². The lowest BCUT2D eigenvalue weighted by Gasteiger charge is -2.21. The first-order chi connectivity index (χ1) is 56.1. The number of hydrogen-bond acceptors (Lipinski definition) is 6. The van der Waals surface area contributed by atoms with Gasteiger partial charge in [-0.1, -0.05) is 350 Å². The van der Waals surface area contributed by atoms with Gasteiger partial charge < -0.3 is 13.4 Å². The average Bonchev–Trinajstić information content (AvgIpc) is 1.60. The van der Waals surface area contributed by atoms with Gasteiger partial charge >= 0.3 is 0 Å². The Morgan fingerprint density at radius 2 is 0.693 bits per heavy atom. The zero-order valence-electron chi connectivity index (χ0n) is 75.0. The molecule has 0 unspecified atom stereocenters. The number of hydrogen-bond donors (Lipinski definition) is 0. The van der Waals surface area contributed by atoms with Gasteiger partial charge in [-0.3, -0.25) is 4.98 Å². The van der Waals surface area contributed by atoms with Crippen LogP contribution in [-0.4, -0.2) is 24.5 Å². The van der Waals surface area contributed by atoms with E-state index >= 15 is 0 Å². The van der Waals surface area contributed by atoms with Gasteiger partial charge in [0.1, 0.15) is 28.2 Å². The third-order valence-electron chi connectivity index (χ3n) is 20.3. The molecule has 0 amide bonds. The van der Waals surface area contributed by atoms with Gasteiger partial charge in [-0.15, -0.1) is 0 Å². The molecular weight excluding hydrogens is 1390 g/mol. The summed E-state index contributed by atoms with van der Waals surface area (Å²) < 4.78 is 51.7. The number of aromatic nitrogens is 5. The molecule has 7 nitrogen and oxygen atoms in total. The summed E-state index contributed by atoms with van der Waals surface area (Å²) in [6, 6.07) is 106. The van der Waals surface area contributed by atoms with Gasteiger partial charge in [0.25, 0.3) is 0 Å². The van der Waals surface area contributed by atoms with Gasteiger partial charge in [0.05, 0.1) is 33.8 Å². The lowest BCUT2D eigenvalue weighted by molar-refractivity contribution is 0.547. The molecule has 0 atom stereocenters. The Labute approximate surface area is 684 Å². The van der Waals surface area contributed by atoms with Crippen LogP contribution in [0.4, 0.5) is 0 Å². The SMILES string of the molecule is CC(C)(C)c1cc(-c2ccccc2)nc(-c2ccccc2)c1.CC(C)(C)c1ccc2c(c1)c1ccccc1n2-c1ccccc1.CC(C)(C)c1ccc2oc3ccccc3c2c1.CC(C)(C)c1cccc2oc3ccccc3c12.CC(C)(C)c1nc(-c2ccccc2)cc(-c2ccccc2)n1.[2H]C([2H])([2H])c1cc(C(C)(C)C)cc(C([2H])([2H])C)n1. The molecule has 6 aromatic heterocycles. The molecule has 0 saturated carbocycles. The molecule has 114 heavy (non-hydrogen) atoms. The van der Waals surface area contributed by atoms with Gasteiger partial charge in [-0.25, -0.2) is 15.0 Å². The number of para-hydroxylation sites is 4. The lowest BCUT2D eigenvalue weighted by Crippen LogP contribution is -2.16. The van der Waals surface area contributed by atoms with Crippen molar-refractivity contribution in [1.82, 2.24) is 24.5 Å². The van der Waals surface area contributed by atoms with E-state index in [9.17, 15) is 0 Å². The van der Waals surface area contributed by atoms with Crippen molar-refractivity contribution >= 4 is 65.7 Å². The fourth-order valence-electron chi connectivity index (χ4n) is 13.8. The minimum atomic E-state index is -2.32. The number of benzene rings is 11. The van der Waals surface area contributed by atoms with Crippen molar-refractivity contribution in [1.29, 1.82) is 0 Å². The van der Waals surface area contributed by atoms with E-state index in [1.807, 2.05) is 99.6 Å². The van der Waals surface area contributed by atoms with Crippen molar-refractivity contribution in [2.75, 3.05) is 0 Å². The summed E-state index contributed by atoms with van der Waals surface area (Å²) in [4.78, 5) is 18.4. The van der Waals surface area contributed by atoms with E-state index in [1.54, 1.807) is 12.1 Å². The van der Waals surface area contributed by atoms with Crippen molar-refractivity contribution in [3.05, 3.63) is 354 Å². The van der Waals surface area contributed by atoms with Crippen molar-refractivity contribution in [2.45, 2.75) is 177 Å². The van der Waals surface area contributed by atoms with Gasteiger partial charge in [-0.2, -0.15) is 0 Å². The van der Waals surface area contributed by atoms with Crippen molar-refractivity contribution in [2.24, 2.45) is 0 Å². The van der Waals surface area contributed by atoms with E-state index in [0.717, 1.165) is 78.7 Å². The molecule has 0 spiro atoms. The fraction of sp³-hybridized carbons (Fsp3) is 0.252. The highest BCUT2D eigenvalue weighted by molar-refractivity contribution is 6.10. The molecule has 0 N–H and O–H groups in total. The Bertz CT molecular complexity index is 5970. The van der Waals surface area contributed by atoms with Crippen LogP contribution in [0.3, 0.4) is 0 Å². The molecule has 0 bridgehead atoms. The highest BCUT2D eigenvalue weighted by Gasteiger charge is 2.25. The van der Waals surface area contributed by atoms with Crippen molar-refractivity contribution in [3.8, 4) is 50.7 Å². The monoisotopic (exact) mass is 1500 g/mol. The van der Waals surface area contributed by atoms with Crippen molar-refractivity contribution < 1.29 is 15.7 Å². The summed E-state index contributed by atoms with van der Waals surface area (Å²) in [6.07, 6.45) is -1.65. The normalized spacial score (nSPS) is 12.8. The van der Waals surface area contributed by atoms with Crippen LogP contribution in [0.15, 0.2) is 318 Å². The molecule has 0 aliphatic heterocycles. The molecule has 0 fully saturated rings. The maximum atomic E-state index is 7.70. The Balaban J connectivity index is 0.000000132. The summed E-state index contributed by atoms with van der Waals surface area (Å²) in [5.74, 6) is 0.868.